The Kier molecular flexibility index (Phi) is 4.86. The second-order valence-corrected chi connectivity index (χ2v) is 5.66. The fraction of sp³-hybridized carbons (Fsp3) is 0.235. The van der Waals surface area contributed by atoms with Gasteiger partial charge in [0.25, 0.3) is 5.91 Å². The molecule has 2 rings (SSSR count). The first kappa shape index (κ1) is 15.4. The summed E-state index contributed by atoms with van der Waals surface area (Å²) >= 11 is 6.13. The van der Waals surface area contributed by atoms with E-state index >= 15 is 0 Å². The highest BCUT2D eigenvalue weighted by Gasteiger charge is 2.20. The quantitative estimate of drug-likeness (QED) is 0.869. The number of amides is 1. The molecule has 3 nitrogen and oxygen atoms in total. The van der Waals surface area contributed by atoms with Crippen LogP contribution in [0.4, 0.5) is 5.69 Å². The Morgan fingerprint density at radius 1 is 1.19 bits per heavy atom. The summed E-state index contributed by atoms with van der Waals surface area (Å²) in [6, 6.07) is 14.8. The van der Waals surface area contributed by atoms with Crippen molar-refractivity contribution in [2.45, 2.75) is 26.4 Å². The Balaban J connectivity index is 2.27. The van der Waals surface area contributed by atoms with Crippen LogP contribution in [0, 0.1) is 0 Å². The van der Waals surface area contributed by atoms with Crippen molar-refractivity contribution in [2.75, 3.05) is 5.73 Å². The van der Waals surface area contributed by atoms with Crippen molar-refractivity contribution in [1.82, 2.24) is 4.90 Å². The summed E-state index contributed by atoms with van der Waals surface area (Å²) in [5.74, 6) is -0.0713. The van der Waals surface area contributed by atoms with Crippen molar-refractivity contribution in [2.24, 2.45) is 0 Å². The molecule has 2 aromatic rings. The molecule has 0 aliphatic carbocycles. The average molecular weight is 303 g/mol. The molecular weight excluding hydrogens is 284 g/mol. The van der Waals surface area contributed by atoms with Crippen molar-refractivity contribution in [3.8, 4) is 0 Å². The summed E-state index contributed by atoms with van der Waals surface area (Å²) in [6.07, 6.45) is 0. The first-order valence-electron chi connectivity index (χ1n) is 6.89. The molecule has 0 saturated carbocycles. The third kappa shape index (κ3) is 3.76. The van der Waals surface area contributed by atoms with Crippen LogP contribution in [0.25, 0.3) is 0 Å². The zero-order valence-electron chi connectivity index (χ0n) is 12.2. The van der Waals surface area contributed by atoms with E-state index in [0.717, 1.165) is 5.56 Å². The van der Waals surface area contributed by atoms with Gasteiger partial charge in [-0.3, -0.25) is 4.79 Å². The van der Waals surface area contributed by atoms with Crippen molar-refractivity contribution in [3.05, 3.63) is 64.7 Å². The minimum Gasteiger partial charge on any atom is -0.399 e. The molecule has 110 valence electrons. The Morgan fingerprint density at radius 2 is 1.90 bits per heavy atom. The summed E-state index contributed by atoms with van der Waals surface area (Å²) in [5.41, 5.74) is 8.02. The fourth-order valence-electron chi connectivity index (χ4n) is 2.17. The molecular formula is C17H19ClN2O. The Morgan fingerprint density at radius 3 is 2.52 bits per heavy atom. The predicted octanol–water partition coefficient (Wildman–Crippen LogP) is 3.97. The standard InChI is InChI=1S/C17H19ClN2O/c1-12(2)20(11-13-6-5-7-14(19)10-13)17(21)15-8-3-4-9-16(15)18/h3-10,12H,11,19H2,1-2H3. The largest absolute Gasteiger partial charge is 0.399 e. The van der Waals surface area contributed by atoms with E-state index in [4.69, 9.17) is 17.3 Å². The molecule has 0 saturated heterocycles. The molecule has 1 amide bonds. The zero-order valence-corrected chi connectivity index (χ0v) is 13.0. The monoisotopic (exact) mass is 302 g/mol. The van der Waals surface area contributed by atoms with Crippen molar-refractivity contribution < 1.29 is 4.79 Å². The maximum absolute atomic E-state index is 12.7. The lowest BCUT2D eigenvalue weighted by Gasteiger charge is -2.27. The molecule has 0 atom stereocenters. The van der Waals surface area contributed by atoms with Crippen molar-refractivity contribution >= 4 is 23.2 Å². The highest BCUT2D eigenvalue weighted by molar-refractivity contribution is 6.33. The van der Waals surface area contributed by atoms with Gasteiger partial charge in [-0.15, -0.1) is 0 Å². The Bertz CT molecular complexity index is 640. The van der Waals surface area contributed by atoms with Crippen molar-refractivity contribution in [1.29, 1.82) is 0 Å². The van der Waals surface area contributed by atoms with Crippen LogP contribution in [0.1, 0.15) is 29.8 Å². The van der Waals surface area contributed by atoms with E-state index in [0.29, 0.717) is 22.8 Å². The van der Waals surface area contributed by atoms with Gasteiger partial charge in [-0.05, 0) is 43.7 Å². The van der Waals surface area contributed by atoms with Gasteiger partial charge in [0.1, 0.15) is 0 Å². The number of carbonyl (C=O) groups is 1. The maximum Gasteiger partial charge on any atom is 0.255 e. The number of rotatable bonds is 4. The summed E-state index contributed by atoms with van der Waals surface area (Å²) in [7, 11) is 0. The Hall–Kier alpha value is -2.00. The van der Waals surface area contributed by atoms with E-state index in [9.17, 15) is 4.79 Å². The first-order valence-corrected chi connectivity index (χ1v) is 7.26. The third-order valence-corrected chi connectivity index (χ3v) is 3.62. The molecule has 0 spiro atoms. The lowest BCUT2D eigenvalue weighted by Crippen LogP contribution is -2.36. The lowest BCUT2D eigenvalue weighted by molar-refractivity contribution is 0.0690. The number of benzene rings is 2. The van der Waals surface area contributed by atoms with Crippen LogP contribution in [-0.2, 0) is 6.54 Å². The van der Waals surface area contributed by atoms with E-state index in [1.54, 1.807) is 17.0 Å². The fourth-order valence-corrected chi connectivity index (χ4v) is 2.38. The van der Waals surface area contributed by atoms with Crippen LogP contribution in [0.15, 0.2) is 48.5 Å². The highest BCUT2D eigenvalue weighted by Crippen LogP contribution is 2.20. The normalized spacial score (nSPS) is 10.7. The summed E-state index contributed by atoms with van der Waals surface area (Å²) in [5, 5.41) is 0.473. The van der Waals surface area contributed by atoms with Crippen LogP contribution in [-0.4, -0.2) is 16.8 Å². The average Bonchev–Trinajstić information content (AvgIpc) is 2.44. The summed E-state index contributed by atoms with van der Waals surface area (Å²) < 4.78 is 0. The number of halogens is 1. The van der Waals surface area contributed by atoms with Crippen molar-refractivity contribution in [3.63, 3.8) is 0 Å². The molecule has 21 heavy (non-hydrogen) atoms. The van der Waals surface area contributed by atoms with Crippen LogP contribution in [0.5, 0.6) is 0 Å². The van der Waals surface area contributed by atoms with Crippen LogP contribution in [0.3, 0.4) is 0 Å². The number of nitrogens with zero attached hydrogens (tertiary/aromatic N) is 1. The molecule has 0 aliphatic rings. The molecule has 2 aromatic carbocycles. The van der Waals surface area contributed by atoms with Gasteiger partial charge in [-0.25, -0.2) is 0 Å². The number of nitrogen functional groups attached to an aromatic ring is 1. The molecule has 0 aliphatic heterocycles. The minimum atomic E-state index is -0.0713. The molecule has 0 heterocycles. The molecule has 0 unspecified atom stereocenters. The molecule has 4 heteroatoms. The number of anilines is 1. The third-order valence-electron chi connectivity index (χ3n) is 3.29. The molecule has 2 N–H and O–H groups in total. The highest BCUT2D eigenvalue weighted by atomic mass is 35.5. The summed E-state index contributed by atoms with van der Waals surface area (Å²) in [6.45, 7) is 4.48. The van der Waals surface area contributed by atoms with E-state index in [-0.39, 0.29) is 11.9 Å². The van der Waals surface area contributed by atoms with Gasteiger partial charge in [-0.2, -0.15) is 0 Å². The van der Waals surface area contributed by atoms with E-state index in [2.05, 4.69) is 0 Å². The smallest absolute Gasteiger partial charge is 0.255 e. The van der Waals surface area contributed by atoms with E-state index < -0.39 is 0 Å². The SMILES string of the molecule is CC(C)N(Cc1cccc(N)c1)C(=O)c1ccccc1Cl. The topological polar surface area (TPSA) is 46.3 Å². The van der Waals surface area contributed by atoms with Gasteiger partial charge < -0.3 is 10.6 Å². The second-order valence-electron chi connectivity index (χ2n) is 5.25. The van der Waals surface area contributed by atoms with Gasteiger partial charge in [-0.1, -0.05) is 35.9 Å². The van der Waals surface area contributed by atoms with Crippen LogP contribution in [0.2, 0.25) is 5.02 Å². The second kappa shape index (κ2) is 6.64. The number of nitrogens with two attached hydrogens (primary N) is 1. The Labute approximate surface area is 130 Å². The minimum absolute atomic E-state index is 0.0650. The van der Waals surface area contributed by atoms with Gasteiger partial charge in [0.2, 0.25) is 0 Å². The first-order chi connectivity index (χ1) is 9.99. The molecule has 0 bridgehead atoms. The summed E-state index contributed by atoms with van der Waals surface area (Å²) in [4.78, 5) is 14.5. The molecule has 0 fully saturated rings. The molecule has 0 radical (unpaired) electrons. The number of hydrogen-bond acceptors (Lipinski definition) is 2. The predicted molar refractivity (Wildman–Crippen MR) is 87.3 cm³/mol. The van der Waals surface area contributed by atoms with E-state index in [1.165, 1.54) is 0 Å². The maximum atomic E-state index is 12.7. The van der Waals surface area contributed by atoms with E-state index in [1.807, 2.05) is 50.2 Å². The van der Waals surface area contributed by atoms with Gasteiger partial charge in [0.15, 0.2) is 0 Å². The van der Waals surface area contributed by atoms with Crippen LogP contribution < -0.4 is 5.73 Å². The van der Waals surface area contributed by atoms with Gasteiger partial charge in [0.05, 0.1) is 10.6 Å². The van der Waals surface area contributed by atoms with Gasteiger partial charge in [0, 0.05) is 18.3 Å². The molecule has 0 aromatic heterocycles. The number of carbonyl (C=O) groups excluding carboxylic acids is 1. The van der Waals surface area contributed by atoms with Gasteiger partial charge >= 0.3 is 0 Å². The lowest BCUT2D eigenvalue weighted by atomic mass is 10.1. The number of hydrogen-bond donors (Lipinski definition) is 1. The van der Waals surface area contributed by atoms with Crippen LogP contribution >= 0.6 is 11.6 Å². The zero-order chi connectivity index (χ0) is 15.4.